The summed E-state index contributed by atoms with van der Waals surface area (Å²) in [5, 5.41) is 0.453. The number of carbonyl (C=O) groups is 1. The van der Waals surface area contributed by atoms with Crippen molar-refractivity contribution in [3.05, 3.63) is 34.6 Å². The van der Waals surface area contributed by atoms with Crippen LogP contribution in [0.25, 0.3) is 0 Å². The summed E-state index contributed by atoms with van der Waals surface area (Å²) in [5.41, 5.74) is 0.369. The Balaban J connectivity index is 2.04. The van der Waals surface area contributed by atoms with E-state index in [4.69, 9.17) is 16.3 Å². The van der Waals surface area contributed by atoms with E-state index in [-0.39, 0.29) is 23.9 Å². The average Bonchev–Trinajstić information content (AvgIpc) is 2.35. The van der Waals surface area contributed by atoms with E-state index in [0.717, 1.165) is 19.4 Å². The predicted molar refractivity (Wildman–Crippen MR) is 63.7 cm³/mol. The smallest absolute Gasteiger partial charge is 0.142 e. The summed E-state index contributed by atoms with van der Waals surface area (Å²) in [6, 6.07) is 4.29. The largest absolute Gasteiger partial charge is 0.381 e. The highest BCUT2D eigenvalue weighted by Crippen LogP contribution is 2.20. The van der Waals surface area contributed by atoms with Crippen molar-refractivity contribution in [1.29, 1.82) is 0 Å². The number of hydrogen-bond acceptors (Lipinski definition) is 2. The van der Waals surface area contributed by atoms with E-state index in [1.165, 1.54) is 18.2 Å². The topological polar surface area (TPSA) is 26.3 Å². The molecule has 1 heterocycles. The van der Waals surface area contributed by atoms with Gasteiger partial charge in [-0.05, 0) is 36.6 Å². The number of rotatable bonds is 3. The number of carbonyl (C=O) groups excluding carboxylic acids is 1. The second-order valence-electron chi connectivity index (χ2n) is 4.29. The maximum absolute atomic E-state index is 13.5. The van der Waals surface area contributed by atoms with E-state index in [1.54, 1.807) is 0 Å². The number of hydrogen-bond donors (Lipinski definition) is 0. The van der Waals surface area contributed by atoms with E-state index in [2.05, 4.69) is 0 Å². The molecule has 1 aliphatic heterocycles. The zero-order valence-electron chi connectivity index (χ0n) is 9.42. The normalized spacial score (nSPS) is 20.2. The monoisotopic (exact) mass is 256 g/mol. The van der Waals surface area contributed by atoms with E-state index < -0.39 is 0 Å². The fourth-order valence-corrected chi connectivity index (χ4v) is 2.20. The van der Waals surface area contributed by atoms with Gasteiger partial charge >= 0.3 is 0 Å². The van der Waals surface area contributed by atoms with Gasteiger partial charge in [0.15, 0.2) is 0 Å². The summed E-state index contributed by atoms with van der Waals surface area (Å²) in [6.07, 6.45) is 1.83. The van der Waals surface area contributed by atoms with Crippen LogP contribution in [-0.2, 0) is 16.0 Å². The fourth-order valence-electron chi connectivity index (χ4n) is 2.01. The van der Waals surface area contributed by atoms with Crippen molar-refractivity contribution in [3.63, 3.8) is 0 Å². The molecule has 17 heavy (non-hydrogen) atoms. The van der Waals surface area contributed by atoms with Crippen LogP contribution >= 0.6 is 11.6 Å². The lowest BCUT2D eigenvalue weighted by Crippen LogP contribution is -2.26. The van der Waals surface area contributed by atoms with Gasteiger partial charge in [-0.3, -0.25) is 4.79 Å². The van der Waals surface area contributed by atoms with Gasteiger partial charge in [-0.15, -0.1) is 0 Å². The summed E-state index contributed by atoms with van der Waals surface area (Å²) in [5.74, 6) is -0.438. The minimum atomic E-state index is -0.375. The summed E-state index contributed by atoms with van der Waals surface area (Å²) < 4.78 is 18.7. The molecule has 0 radical (unpaired) electrons. The minimum absolute atomic E-state index is 0.0332. The van der Waals surface area contributed by atoms with E-state index in [0.29, 0.717) is 17.2 Å². The van der Waals surface area contributed by atoms with Crippen molar-refractivity contribution in [2.45, 2.75) is 19.3 Å². The molecule has 1 saturated heterocycles. The molecule has 0 aliphatic carbocycles. The molecule has 0 aromatic heterocycles. The number of halogens is 2. The highest BCUT2D eigenvalue weighted by atomic mass is 35.5. The summed E-state index contributed by atoms with van der Waals surface area (Å²) in [7, 11) is 0. The standard InChI is InChI=1S/C13H14ClFO2/c14-11-3-4-12(15)10(6-11)7-13(16)9-2-1-5-17-8-9/h3-4,6,9H,1-2,5,7-8H2. The van der Waals surface area contributed by atoms with Crippen LogP contribution < -0.4 is 0 Å². The molecule has 0 saturated carbocycles. The van der Waals surface area contributed by atoms with Crippen molar-refractivity contribution >= 4 is 17.4 Å². The lowest BCUT2D eigenvalue weighted by Gasteiger charge is -2.20. The average molecular weight is 257 g/mol. The predicted octanol–water partition coefficient (Wildman–Crippen LogP) is 3.02. The van der Waals surface area contributed by atoms with Crippen LogP contribution in [0.4, 0.5) is 4.39 Å². The van der Waals surface area contributed by atoms with Crippen molar-refractivity contribution in [3.8, 4) is 0 Å². The van der Waals surface area contributed by atoms with Crippen LogP contribution in [0.1, 0.15) is 18.4 Å². The molecule has 1 aromatic carbocycles. The van der Waals surface area contributed by atoms with Crippen LogP contribution in [-0.4, -0.2) is 19.0 Å². The van der Waals surface area contributed by atoms with E-state index in [9.17, 15) is 9.18 Å². The van der Waals surface area contributed by atoms with Crippen molar-refractivity contribution in [2.24, 2.45) is 5.92 Å². The van der Waals surface area contributed by atoms with Gasteiger partial charge in [-0.25, -0.2) is 4.39 Å². The Hall–Kier alpha value is -0.930. The SMILES string of the molecule is O=C(Cc1cc(Cl)ccc1F)C1CCCOC1. The van der Waals surface area contributed by atoms with Crippen molar-refractivity contribution in [2.75, 3.05) is 13.2 Å². The number of benzene rings is 1. The van der Waals surface area contributed by atoms with E-state index in [1.807, 2.05) is 0 Å². The van der Waals surface area contributed by atoms with Crippen LogP contribution in [0.2, 0.25) is 5.02 Å². The first-order valence-corrected chi connectivity index (χ1v) is 6.09. The Morgan fingerprint density at radius 1 is 1.53 bits per heavy atom. The molecule has 0 spiro atoms. The first kappa shape index (κ1) is 12.5. The number of ketones is 1. The first-order valence-electron chi connectivity index (χ1n) is 5.71. The maximum Gasteiger partial charge on any atom is 0.142 e. The molecule has 1 atom stereocenters. The Morgan fingerprint density at radius 3 is 3.06 bits per heavy atom. The molecular formula is C13H14ClFO2. The van der Waals surface area contributed by atoms with Gasteiger partial charge in [0.05, 0.1) is 6.61 Å². The molecular weight excluding hydrogens is 243 g/mol. The Bertz CT molecular complexity index is 414. The molecule has 4 heteroatoms. The molecule has 1 unspecified atom stereocenters. The van der Waals surface area contributed by atoms with Gasteiger partial charge in [0.25, 0.3) is 0 Å². The molecule has 1 aliphatic rings. The van der Waals surface area contributed by atoms with Gasteiger partial charge in [0, 0.05) is 24.0 Å². The summed E-state index contributed by atoms with van der Waals surface area (Å²) in [6.45, 7) is 1.18. The highest BCUT2D eigenvalue weighted by molar-refractivity contribution is 6.30. The summed E-state index contributed by atoms with van der Waals surface area (Å²) >= 11 is 5.78. The van der Waals surface area contributed by atoms with Gasteiger partial charge in [-0.2, -0.15) is 0 Å². The second-order valence-corrected chi connectivity index (χ2v) is 4.73. The highest BCUT2D eigenvalue weighted by Gasteiger charge is 2.22. The molecule has 0 bridgehead atoms. The zero-order valence-corrected chi connectivity index (χ0v) is 10.2. The minimum Gasteiger partial charge on any atom is -0.381 e. The molecule has 1 fully saturated rings. The second kappa shape index (κ2) is 5.61. The quantitative estimate of drug-likeness (QED) is 0.831. The Morgan fingerprint density at radius 2 is 2.35 bits per heavy atom. The molecule has 92 valence electrons. The Kier molecular flexibility index (Phi) is 4.13. The van der Waals surface area contributed by atoms with Gasteiger partial charge in [0.1, 0.15) is 11.6 Å². The lowest BCUT2D eigenvalue weighted by molar-refractivity contribution is -0.126. The Labute approximate surface area is 105 Å². The van der Waals surface area contributed by atoms with Gasteiger partial charge in [-0.1, -0.05) is 11.6 Å². The van der Waals surface area contributed by atoms with Crippen LogP contribution in [0.3, 0.4) is 0 Å². The number of ether oxygens (including phenoxy) is 1. The molecule has 2 rings (SSSR count). The van der Waals surface area contributed by atoms with Crippen molar-refractivity contribution < 1.29 is 13.9 Å². The van der Waals surface area contributed by atoms with Crippen LogP contribution in [0, 0.1) is 11.7 Å². The van der Waals surface area contributed by atoms with Crippen molar-refractivity contribution in [1.82, 2.24) is 0 Å². The molecule has 0 N–H and O–H groups in total. The zero-order chi connectivity index (χ0) is 12.3. The third-order valence-corrected chi connectivity index (χ3v) is 3.22. The molecule has 1 aromatic rings. The summed E-state index contributed by atoms with van der Waals surface area (Å²) in [4.78, 5) is 11.9. The molecule has 2 nitrogen and oxygen atoms in total. The van der Waals surface area contributed by atoms with Crippen LogP contribution in [0.15, 0.2) is 18.2 Å². The maximum atomic E-state index is 13.5. The molecule has 0 amide bonds. The van der Waals surface area contributed by atoms with Gasteiger partial charge < -0.3 is 4.74 Å². The van der Waals surface area contributed by atoms with E-state index >= 15 is 0 Å². The third-order valence-electron chi connectivity index (χ3n) is 2.99. The van der Waals surface area contributed by atoms with Gasteiger partial charge in [0.2, 0.25) is 0 Å². The fraction of sp³-hybridized carbons (Fsp3) is 0.462. The first-order chi connectivity index (χ1) is 8.16. The third kappa shape index (κ3) is 3.27. The lowest BCUT2D eigenvalue weighted by atomic mass is 9.93. The van der Waals surface area contributed by atoms with Crippen LogP contribution in [0.5, 0.6) is 0 Å². The number of Topliss-reactive ketones (excluding diaryl/α,β-unsaturated/α-hetero) is 1.